The number of aliphatic hydroxyl groups is 2. The molecule has 0 radical (unpaired) electrons. The number of hydrogen-bond acceptors (Lipinski definition) is 17. The first kappa shape index (κ1) is 51.9. The van der Waals surface area contributed by atoms with Crippen LogP contribution in [0.1, 0.15) is 113 Å². The van der Waals surface area contributed by atoms with Gasteiger partial charge in [-0.3, -0.25) is 33.8 Å². The standard InChI is InChI=1S/C52H57FN6O14/c1-24-10-9-11-25(2)50(68)56-41-31(22-55-58-17-15-57(16-18-58)35-21-34-30(20-33(35)53)45(64)32(51(69)70)23-59(34)29-13-14-29)46(65)37-38(47(41)66)43(62)27(4)48-39(37)49(67)52(6,73-48)71-19-8-7-12-36(72-28(5)60)40(54)44(63)26(3)42(24)61/h8-11,19-24,26,29,36,40,42,44,61-63H,7,12-18,54H2,1-6H3,(H,56,68)(H,69,70)/b10-9+,19-8+,25-11-,55-22+/t24-,26+,36+,40-,42-,44+,52-/m0/s1. The van der Waals surface area contributed by atoms with Crippen LogP contribution in [0.15, 0.2) is 75.6 Å². The highest BCUT2D eigenvalue weighted by Crippen LogP contribution is 2.48. The number of carbonyl (C=O) groups is 6. The Morgan fingerprint density at radius 1 is 0.986 bits per heavy atom. The Kier molecular flexibility index (Phi) is 14.3. The van der Waals surface area contributed by atoms with E-state index < -0.39 is 122 Å². The Labute approximate surface area is 417 Å². The predicted molar refractivity (Wildman–Crippen MR) is 262 cm³/mol. The molecule has 1 aromatic heterocycles. The molecule has 6 aliphatic rings. The molecule has 9 rings (SSSR count). The number of phenolic OH excluding ortho intramolecular Hbond substituents is 1. The fraction of sp³-hybridized carbons (Fsp3) is 0.423. The van der Waals surface area contributed by atoms with Gasteiger partial charge >= 0.3 is 17.7 Å². The first-order valence-electron chi connectivity index (χ1n) is 23.9. The number of nitrogens with zero attached hydrogens (tertiary/aromatic N) is 4. The molecule has 386 valence electrons. The number of nitrogens with one attached hydrogen (secondary N) is 1. The SMILES string of the molecule is CC(=O)O[C@@H]1CC/C=C/O[C@@]2(C)Oc3c(C)c(O)c4c(c3C2=O)C(=O)C(/C=N/N2CCN(c3cc5c(cc3F)c(=O)c(C(=O)O)cn5C3CC3)CC2)=C(NC(=O)/C(C)=C\C=C\[C@H](C)[C@H](O)[C@@H](C)[C@@H](O)[C@H]1N)C4=O. The third-order valence-corrected chi connectivity index (χ3v) is 14.1. The smallest absolute Gasteiger partial charge is 0.341 e. The van der Waals surface area contributed by atoms with E-state index in [1.807, 2.05) is 0 Å². The van der Waals surface area contributed by atoms with Crippen LogP contribution < -0.4 is 26.1 Å². The molecular formula is C52H57FN6O14. The van der Waals surface area contributed by atoms with Gasteiger partial charge in [0, 0.05) is 67.5 Å². The predicted octanol–water partition coefficient (Wildman–Crippen LogP) is 4.12. The maximum Gasteiger partial charge on any atom is 0.341 e. The Morgan fingerprint density at radius 2 is 1.68 bits per heavy atom. The number of pyridine rings is 1. The number of halogens is 1. The molecule has 1 amide bonds. The second-order valence-electron chi connectivity index (χ2n) is 19.3. The number of aromatic carboxylic acids is 1. The Hall–Kier alpha value is -7.49. The number of benzene rings is 2. The summed E-state index contributed by atoms with van der Waals surface area (Å²) in [7, 11) is 0. The number of hydrazone groups is 1. The van der Waals surface area contributed by atoms with Crippen molar-refractivity contribution in [2.45, 2.75) is 103 Å². The van der Waals surface area contributed by atoms with Crippen LogP contribution in [0.4, 0.5) is 10.1 Å². The molecule has 73 heavy (non-hydrogen) atoms. The molecule has 7 N–H and O–H groups in total. The second kappa shape index (κ2) is 20.2. The summed E-state index contributed by atoms with van der Waals surface area (Å²) in [4.78, 5) is 96.7. The van der Waals surface area contributed by atoms with Gasteiger partial charge in [-0.2, -0.15) is 5.10 Å². The van der Waals surface area contributed by atoms with Gasteiger partial charge < -0.3 is 55.2 Å². The van der Waals surface area contributed by atoms with E-state index in [4.69, 9.17) is 19.9 Å². The van der Waals surface area contributed by atoms with Crippen LogP contribution in [0.3, 0.4) is 0 Å². The molecule has 1 saturated carbocycles. The van der Waals surface area contributed by atoms with Crippen LogP contribution in [0.2, 0.25) is 0 Å². The highest BCUT2D eigenvalue weighted by Gasteiger charge is 2.52. The van der Waals surface area contributed by atoms with Gasteiger partial charge in [-0.15, -0.1) is 0 Å². The molecule has 3 aromatic rings. The third kappa shape index (κ3) is 9.78. The zero-order valence-corrected chi connectivity index (χ0v) is 41.0. The Bertz CT molecular complexity index is 3070. The maximum absolute atomic E-state index is 15.8. The number of aromatic hydroxyl groups is 1. The molecule has 4 aliphatic heterocycles. The van der Waals surface area contributed by atoms with Gasteiger partial charge in [-0.1, -0.05) is 32.1 Å². The first-order chi connectivity index (χ1) is 34.5. The van der Waals surface area contributed by atoms with Gasteiger partial charge in [0.05, 0.1) is 77.3 Å². The van der Waals surface area contributed by atoms with Crippen molar-refractivity contribution in [3.63, 3.8) is 0 Å². The molecule has 2 fully saturated rings. The maximum atomic E-state index is 15.8. The number of ether oxygens (including phenoxy) is 3. The number of allylic oxidation sites excluding steroid dienone is 5. The van der Waals surface area contributed by atoms with Gasteiger partial charge in [0.2, 0.25) is 11.2 Å². The van der Waals surface area contributed by atoms with E-state index in [0.717, 1.165) is 31.4 Å². The van der Waals surface area contributed by atoms with Crippen molar-refractivity contribution in [2.24, 2.45) is 22.7 Å². The minimum Gasteiger partial charge on any atom is -0.507 e. The number of ketones is 3. The minimum atomic E-state index is -2.13. The fourth-order valence-corrected chi connectivity index (χ4v) is 9.60. The van der Waals surface area contributed by atoms with Crippen LogP contribution in [-0.2, 0) is 19.1 Å². The number of aliphatic hydroxyl groups excluding tert-OH is 2. The van der Waals surface area contributed by atoms with E-state index in [1.165, 1.54) is 58.2 Å². The molecular weight excluding hydrogens is 952 g/mol. The van der Waals surface area contributed by atoms with Crippen molar-refractivity contribution in [1.82, 2.24) is 14.9 Å². The summed E-state index contributed by atoms with van der Waals surface area (Å²) < 4.78 is 34.9. The highest BCUT2D eigenvalue weighted by molar-refractivity contribution is 6.37. The lowest BCUT2D eigenvalue weighted by Crippen LogP contribution is -2.52. The molecule has 20 nitrogen and oxygen atoms in total. The number of aromatic nitrogens is 1. The molecule has 2 aromatic carbocycles. The van der Waals surface area contributed by atoms with Gasteiger partial charge in [0.15, 0.2) is 5.78 Å². The lowest BCUT2D eigenvalue weighted by molar-refractivity contribution is -0.150. The lowest BCUT2D eigenvalue weighted by Gasteiger charge is -2.35. The molecule has 0 unspecified atom stereocenters. The molecule has 5 bridgehead atoms. The number of piperazine rings is 1. The van der Waals surface area contributed by atoms with Crippen molar-refractivity contribution < 1.29 is 67.8 Å². The topological polar surface area (TPSA) is 290 Å². The van der Waals surface area contributed by atoms with Crippen LogP contribution >= 0.6 is 0 Å². The van der Waals surface area contributed by atoms with Gasteiger partial charge in [0.1, 0.15) is 34.7 Å². The average molecular weight is 1010 g/mol. The second-order valence-corrected chi connectivity index (χ2v) is 19.3. The quantitative estimate of drug-likeness (QED) is 0.150. The number of rotatable bonds is 6. The van der Waals surface area contributed by atoms with E-state index in [9.17, 15) is 54.0 Å². The van der Waals surface area contributed by atoms with Crippen molar-refractivity contribution in [2.75, 3.05) is 31.1 Å². The summed E-state index contributed by atoms with van der Waals surface area (Å²) in [6.45, 7) is 9.21. The van der Waals surface area contributed by atoms with Gasteiger partial charge in [0.25, 0.3) is 11.7 Å². The van der Waals surface area contributed by atoms with Crippen LogP contribution in [-0.4, -0.2) is 128 Å². The summed E-state index contributed by atoms with van der Waals surface area (Å²) in [6, 6.07) is 1.43. The average Bonchev–Trinajstić information content (AvgIpc) is 4.16. The summed E-state index contributed by atoms with van der Waals surface area (Å²) in [6.07, 6.45) is 7.75. The Balaban J connectivity index is 1.13. The Morgan fingerprint density at radius 3 is 2.34 bits per heavy atom. The number of Topliss-reactive ketones (excluding diaryl/α,β-unsaturated/α-hetero) is 3. The summed E-state index contributed by atoms with van der Waals surface area (Å²) in [5.41, 5.74) is 3.29. The number of carboxylic acids is 1. The number of carbonyl (C=O) groups excluding carboxylic acids is 5. The zero-order chi connectivity index (χ0) is 53.0. The largest absolute Gasteiger partial charge is 0.507 e. The van der Waals surface area contributed by atoms with Crippen molar-refractivity contribution >= 4 is 58.0 Å². The van der Waals surface area contributed by atoms with E-state index >= 15 is 4.39 Å². The first-order valence-corrected chi connectivity index (χ1v) is 23.9. The third-order valence-electron chi connectivity index (χ3n) is 14.1. The number of anilines is 1. The molecule has 5 heterocycles. The van der Waals surface area contributed by atoms with E-state index in [1.54, 1.807) is 34.4 Å². The van der Waals surface area contributed by atoms with Crippen LogP contribution in [0.5, 0.6) is 11.5 Å². The molecule has 2 aliphatic carbocycles. The van der Waals surface area contributed by atoms with Crippen LogP contribution in [0, 0.1) is 24.6 Å². The number of phenols is 1. The number of amides is 1. The number of nitrogens with two attached hydrogens (primary N) is 1. The molecule has 1 saturated heterocycles. The number of esters is 1. The van der Waals surface area contributed by atoms with E-state index in [-0.39, 0.29) is 78.6 Å². The lowest BCUT2D eigenvalue weighted by atomic mass is 9.81. The molecule has 21 heteroatoms. The van der Waals surface area contributed by atoms with Crippen molar-refractivity contribution in [3.8, 4) is 11.5 Å². The summed E-state index contributed by atoms with van der Waals surface area (Å²) >= 11 is 0. The van der Waals surface area contributed by atoms with Crippen LogP contribution in [0.25, 0.3) is 10.9 Å². The number of fused-ring (bicyclic) bond motifs is 15. The van der Waals surface area contributed by atoms with Crippen molar-refractivity contribution in [1.29, 1.82) is 0 Å². The summed E-state index contributed by atoms with van der Waals surface area (Å²) in [5.74, 6) is -11.0. The zero-order valence-electron chi connectivity index (χ0n) is 41.0. The molecule has 0 spiro atoms. The minimum absolute atomic E-state index is 0.0361. The molecule has 7 atom stereocenters. The summed E-state index contributed by atoms with van der Waals surface area (Å²) in [5, 5.41) is 52.3. The number of carboxylic acid groups (broad SMARTS) is 1. The van der Waals surface area contributed by atoms with E-state index in [2.05, 4.69) is 10.4 Å². The normalized spacial score (nSPS) is 27.9. The van der Waals surface area contributed by atoms with Crippen molar-refractivity contribution in [3.05, 3.63) is 110 Å². The monoisotopic (exact) mass is 1010 g/mol. The highest BCUT2D eigenvalue weighted by atomic mass is 19.1. The van der Waals surface area contributed by atoms with Gasteiger partial charge in [-0.25, -0.2) is 9.18 Å². The number of hydrogen-bond donors (Lipinski definition) is 6. The van der Waals surface area contributed by atoms with E-state index in [0.29, 0.717) is 5.52 Å². The van der Waals surface area contributed by atoms with Gasteiger partial charge in [-0.05, 0) is 57.7 Å². The fourth-order valence-electron chi connectivity index (χ4n) is 9.60.